The number of morpholine rings is 1. The van der Waals surface area contributed by atoms with E-state index in [1.807, 2.05) is 18.2 Å². The molecule has 1 aromatic carbocycles. The standard InChI is InChI=1S/C11H15NO2.ClH/c13-11-4-2-1-3-9(11)7-10-8-14-6-5-12-10;/h1-4,10,12-13H,5-8H2;1H/t10-;/m0./s1. The minimum absolute atomic E-state index is 0. The summed E-state index contributed by atoms with van der Waals surface area (Å²) in [4.78, 5) is 0. The Morgan fingerprint density at radius 1 is 1.40 bits per heavy atom. The molecule has 84 valence electrons. The van der Waals surface area contributed by atoms with Crippen LogP contribution in [-0.2, 0) is 11.2 Å². The molecule has 0 radical (unpaired) electrons. The number of ether oxygens (including phenoxy) is 1. The lowest BCUT2D eigenvalue weighted by atomic mass is 10.1. The molecule has 1 heterocycles. The van der Waals surface area contributed by atoms with Gasteiger partial charge < -0.3 is 15.2 Å². The van der Waals surface area contributed by atoms with Gasteiger partial charge in [0.25, 0.3) is 0 Å². The SMILES string of the molecule is Cl.Oc1ccccc1C[C@H]1COCCN1. The molecule has 0 spiro atoms. The van der Waals surface area contributed by atoms with Crippen molar-refractivity contribution in [3.8, 4) is 5.75 Å². The van der Waals surface area contributed by atoms with E-state index in [2.05, 4.69) is 5.32 Å². The van der Waals surface area contributed by atoms with Gasteiger partial charge in [-0.2, -0.15) is 0 Å². The van der Waals surface area contributed by atoms with Gasteiger partial charge in [-0.25, -0.2) is 0 Å². The number of nitrogens with one attached hydrogen (secondary N) is 1. The summed E-state index contributed by atoms with van der Waals surface area (Å²) in [7, 11) is 0. The number of phenols is 1. The third-order valence-corrected chi connectivity index (χ3v) is 2.46. The molecule has 1 aliphatic rings. The van der Waals surface area contributed by atoms with Crippen molar-refractivity contribution in [1.29, 1.82) is 0 Å². The van der Waals surface area contributed by atoms with E-state index in [9.17, 15) is 5.11 Å². The highest BCUT2D eigenvalue weighted by Crippen LogP contribution is 2.17. The molecule has 2 N–H and O–H groups in total. The van der Waals surface area contributed by atoms with Crippen molar-refractivity contribution < 1.29 is 9.84 Å². The Balaban J connectivity index is 0.00000112. The summed E-state index contributed by atoms with van der Waals surface area (Å²) < 4.78 is 5.35. The van der Waals surface area contributed by atoms with E-state index < -0.39 is 0 Å². The lowest BCUT2D eigenvalue weighted by Gasteiger charge is -2.23. The zero-order valence-corrected chi connectivity index (χ0v) is 9.30. The van der Waals surface area contributed by atoms with Crippen LogP contribution in [0.3, 0.4) is 0 Å². The first-order valence-corrected chi connectivity index (χ1v) is 4.94. The van der Waals surface area contributed by atoms with Crippen LogP contribution in [0.15, 0.2) is 24.3 Å². The van der Waals surface area contributed by atoms with Crippen LogP contribution in [0.4, 0.5) is 0 Å². The van der Waals surface area contributed by atoms with Crippen LogP contribution < -0.4 is 5.32 Å². The van der Waals surface area contributed by atoms with Crippen LogP contribution in [0, 0.1) is 0 Å². The third-order valence-electron chi connectivity index (χ3n) is 2.46. The Kier molecular flexibility index (Phi) is 4.88. The van der Waals surface area contributed by atoms with Crippen molar-refractivity contribution in [3.63, 3.8) is 0 Å². The average molecular weight is 230 g/mol. The molecule has 0 amide bonds. The number of hydrogen-bond donors (Lipinski definition) is 2. The molecule has 0 saturated carbocycles. The van der Waals surface area contributed by atoms with Gasteiger partial charge in [-0.15, -0.1) is 12.4 Å². The smallest absolute Gasteiger partial charge is 0.118 e. The molecule has 1 aliphatic heterocycles. The van der Waals surface area contributed by atoms with Crippen LogP contribution in [0.1, 0.15) is 5.56 Å². The number of aromatic hydroxyl groups is 1. The van der Waals surface area contributed by atoms with Crippen molar-refractivity contribution in [2.75, 3.05) is 19.8 Å². The van der Waals surface area contributed by atoms with Gasteiger partial charge in [-0.3, -0.25) is 0 Å². The minimum atomic E-state index is 0. The molecular formula is C11H16ClNO2. The molecule has 1 atom stereocenters. The van der Waals surface area contributed by atoms with Gasteiger partial charge in [0.05, 0.1) is 13.2 Å². The van der Waals surface area contributed by atoms with Crippen LogP contribution in [0.2, 0.25) is 0 Å². The van der Waals surface area contributed by atoms with Gasteiger partial charge in [-0.1, -0.05) is 18.2 Å². The molecule has 15 heavy (non-hydrogen) atoms. The van der Waals surface area contributed by atoms with Gasteiger partial charge in [-0.05, 0) is 18.1 Å². The van der Waals surface area contributed by atoms with Crippen LogP contribution in [0.5, 0.6) is 5.75 Å². The van der Waals surface area contributed by atoms with E-state index in [-0.39, 0.29) is 12.4 Å². The lowest BCUT2D eigenvalue weighted by Crippen LogP contribution is -2.42. The second-order valence-electron chi connectivity index (χ2n) is 3.56. The third kappa shape index (κ3) is 3.38. The Morgan fingerprint density at radius 2 is 2.20 bits per heavy atom. The van der Waals surface area contributed by atoms with Crippen molar-refractivity contribution >= 4 is 12.4 Å². The maximum Gasteiger partial charge on any atom is 0.118 e. The van der Waals surface area contributed by atoms with E-state index in [1.54, 1.807) is 6.07 Å². The summed E-state index contributed by atoms with van der Waals surface area (Å²) in [6, 6.07) is 7.78. The second kappa shape index (κ2) is 5.95. The first kappa shape index (κ1) is 12.3. The Labute approximate surface area is 95.9 Å². The predicted molar refractivity (Wildman–Crippen MR) is 61.7 cm³/mol. The quantitative estimate of drug-likeness (QED) is 0.805. The molecule has 0 aliphatic carbocycles. The lowest BCUT2D eigenvalue weighted by molar-refractivity contribution is 0.0768. The van der Waals surface area contributed by atoms with Crippen molar-refractivity contribution in [2.24, 2.45) is 0 Å². The van der Waals surface area contributed by atoms with Crippen molar-refractivity contribution in [2.45, 2.75) is 12.5 Å². The van der Waals surface area contributed by atoms with Gasteiger partial charge in [0.1, 0.15) is 5.75 Å². The molecule has 2 rings (SSSR count). The van der Waals surface area contributed by atoms with Crippen LogP contribution in [-0.4, -0.2) is 30.9 Å². The van der Waals surface area contributed by atoms with Gasteiger partial charge >= 0.3 is 0 Å². The molecule has 3 nitrogen and oxygen atoms in total. The summed E-state index contributed by atoms with van der Waals surface area (Å²) >= 11 is 0. The molecule has 0 unspecified atom stereocenters. The van der Waals surface area contributed by atoms with Crippen molar-refractivity contribution in [1.82, 2.24) is 5.32 Å². The average Bonchev–Trinajstić information content (AvgIpc) is 2.23. The topological polar surface area (TPSA) is 41.5 Å². The highest BCUT2D eigenvalue weighted by molar-refractivity contribution is 5.85. The zero-order chi connectivity index (χ0) is 9.80. The summed E-state index contributed by atoms with van der Waals surface area (Å²) in [6.07, 6.45) is 0.826. The number of hydrogen-bond acceptors (Lipinski definition) is 3. The van der Waals surface area contributed by atoms with Crippen LogP contribution >= 0.6 is 12.4 Å². The first-order valence-electron chi connectivity index (χ1n) is 4.94. The van der Waals surface area contributed by atoms with Crippen LogP contribution in [0.25, 0.3) is 0 Å². The predicted octanol–water partition coefficient (Wildman–Crippen LogP) is 1.34. The number of rotatable bonds is 2. The first-order chi connectivity index (χ1) is 6.86. The Bertz CT molecular complexity index is 300. The fraction of sp³-hybridized carbons (Fsp3) is 0.455. The molecule has 1 aromatic rings. The molecule has 1 fully saturated rings. The van der Waals surface area contributed by atoms with E-state index >= 15 is 0 Å². The molecule has 4 heteroatoms. The normalized spacial score (nSPS) is 20.7. The summed E-state index contributed by atoms with van der Waals surface area (Å²) in [5.41, 5.74) is 0.982. The molecular weight excluding hydrogens is 214 g/mol. The Morgan fingerprint density at radius 3 is 2.87 bits per heavy atom. The van der Waals surface area contributed by atoms with E-state index in [1.165, 1.54) is 0 Å². The van der Waals surface area contributed by atoms with E-state index in [0.29, 0.717) is 11.8 Å². The summed E-state index contributed by atoms with van der Waals surface area (Å²) in [5.74, 6) is 0.375. The number of halogens is 1. The number of para-hydroxylation sites is 1. The highest BCUT2D eigenvalue weighted by atomic mass is 35.5. The minimum Gasteiger partial charge on any atom is -0.508 e. The monoisotopic (exact) mass is 229 g/mol. The van der Waals surface area contributed by atoms with Gasteiger partial charge in [0.15, 0.2) is 0 Å². The fourth-order valence-corrected chi connectivity index (χ4v) is 1.70. The fourth-order valence-electron chi connectivity index (χ4n) is 1.70. The second-order valence-corrected chi connectivity index (χ2v) is 3.56. The summed E-state index contributed by atoms with van der Waals surface area (Å²) in [6.45, 7) is 2.42. The van der Waals surface area contributed by atoms with Crippen molar-refractivity contribution in [3.05, 3.63) is 29.8 Å². The number of benzene rings is 1. The maximum atomic E-state index is 9.57. The zero-order valence-electron chi connectivity index (χ0n) is 8.48. The van der Waals surface area contributed by atoms with Gasteiger partial charge in [0.2, 0.25) is 0 Å². The van der Waals surface area contributed by atoms with E-state index in [0.717, 1.165) is 31.7 Å². The van der Waals surface area contributed by atoms with E-state index in [4.69, 9.17) is 4.74 Å². The summed E-state index contributed by atoms with van der Waals surface area (Å²) in [5, 5.41) is 12.9. The molecule has 0 aromatic heterocycles. The Hall–Kier alpha value is -0.770. The molecule has 1 saturated heterocycles. The largest absolute Gasteiger partial charge is 0.508 e. The van der Waals surface area contributed by atoms with Gasteiger partial charge in [0, 0.05) is 12.6 Å². The molecule has 0 bridgehead atoms. The highest BCUT2D eigenvalue weighted by Gasteiger charge is 2.14. The number of phenolic OH excluding ortho intramolecular Hbond substituents is 1. The maximum absolute atomic E-state index is 9.57.